The van der Waals surface area contributed by atoms with E-state index in [1.165, 1.54) is 16.3 Å². The molecule has 82 valence electrons. The second-order valence-electron chi connectivity index (χ2n) is 3.88. The van der Waals surface area contributed by atoms with E-state index in [1.54, 1.807) is 0 Å². The van der Waals surface area contributed by atoms with Crippen molar-refractivity contribution in [2.45, 2.75) is 6.54 Å². The van der Waals surface area contributed by atoms with Crippen molar-refractivity contribution in [2.75, 3.05) is 7.05 Å². The number of benzene rings is 2. The third-order valence-electron chi connectivity index (χ3n) is 2.61. The highest BCUT2D eigenvalue weighted by atomic mass is 32.1. The van der Waals surface area contributed by atoms with E-state index in [0.717, 1.165) is 6.54 Å². The molecule has 0 saturated carbocycles. The summed E-state index contributed by atoms with van der Waals surface area (Å²) in [5.74, 6) is 0. The van der Waals surface area contributed by atoms with Gasteiger partial charge in [0.2, 0.25) is 0 Å². The van der Waals surface area contributed by atoms with Gasteiger partial charge in [-0.2, -0.15) is 0 Å². The number of nitrogens with two attached hydrogens (primary N) is 1. The summed E-state index contributed by atoms with van der Waals surface area (Å²) in [5, 5.41) is 2.92. The van der Waals surface area contributed by atoms with E-state index in [2.05, 4.69) is 30.3 Å². The number of rotatable bonds is 2. The molecule has 0 aliphatic rings. The normalized spacial score (nSPS) is 10.3. The minimum absolute atomic E-state index is 0.424. The summed E-state index contributed by atoms with van der Waals surface area (Å²) < 4.78 is 0. The molecule has 2 aromatic carbocycles. The average Bonchev–Trinajstić information content (AvgIpc) is 2.28. The number of fused-ring (bicyclic) bond motifs is 1. The molecule has 0 fully saturated rings. The Balaban J connectivity index is 2.29. The number of hydrogen-bond donors (Lipinski definition) is 1. The van der Waals surface area contributed by atoms with Crippen molar-refractivity contribution in [1.29, 1.82) is 0 Å². The van der Waals surface area contributed by atoms with Crippen molar-refractivity contribution in [3.63, 3.8) is 0 Å². The van der Waals surface area contributed by atoms with Gasteiger partial charge >= 0.3 is 0 Å². The minimum atomic E-state index is 0.424. The van der Waals surface area contributed by atoms with Crippen LogP contribution < -0.4 is 5.73 Å². The lowest BCUT2D eigenvalue weighted by atomic mass is 10.1. The molecule has 3 heteroatoms. The van der Waals surface area contributed by atoms with Crippen LogP contribution in [0, 0.1) is 0 Å². The Morgan fingerprint density at radius 3 is 2.56 bits per heavy atom. The second kappa shape index (κ2) is 4.49. The zero-order valence-corrected chi connectivity index (χ0v) is 10.00. The highest BCUT2D eigenvalue weighted by Crippen LogP contribution is 2.16. The molecule has 0 amide bonds. The van der Waals surface area contributed by atoms with Gasteiger partial charge in [0.25, 0.3) is 0 Å². The Hall–Kier alpha value is -1.61. The highest BCUT2D eigenvalue weighted by Gasteiger charge is 2.01. The monoisotopic (exact) mass is 230 g/mol. The third kappa shape index (κ3) is 2.31. The summed E-state index contributed by atoms with van der Waals surface area (Å²) in [6, 6.07) is 14.7. The SMILES string of the molecule is CN(Cc1ccc2ccccc2c1)C(N)=S. The molecular weight excluding hydrogens is 216 g/mol. The van der Waals surface area contributed by atoms with Crippen molar-refractivity contribution in [2.24, 2.45) is 5.73 Å². The maximum atomic E-state index is 5.55. The molecular formula is C13H14N2S. The molecule has 0 aromatic heterocycles. The highest BCUT2D eigenvalue weighted by molar-refractivity contribution is 7.80. The number of thiocarbonyl (C=S) groups is 1. The first-order valence-electron chi connectivity index (χ1n) is 5.15. The molecule has 2 aromatic rings. The van der Waals surface area contributed by atoms with E-state index < -0.39 is 0 Å². The van der Waals surface area contributed by atoms with E-state index in [0.29, 0.717) is 5.11 Å². The fourth-order valence-electron chi connectivity index (χ4n) is 1.69. The van der Waals surface area contributed by atoms with Gasteiger partial charge in [-0.3, -0.25) is 0 Å². The van der Waals surface area contributed by atoms with Crippen LogP contribution in [0.25, 0.3) is 10.8 Å². The summed E-state index contributed by atoms with van der Waals surface area (Å²) in [5.41, 5.74) is 6.77. The van der Waals surface area contributed by atoms with E-state index in [1.807, 2.05) is 24.1 Å². The third-order valence-corrected chi connectivity index (χ3v) is 2.92. The lowest BCUT2D eigenvalue weighted by Gasteiger charge is -2.16. The van der Waals surface area contributed by atoms with E-state index in [-0.39, 0.29) is 0 Å². The summed E-state index contributed by atoms with van der Waals surface area (Å²) in [6.45, 7) is 0.750. The first kappa shape index (κ1) is 10.9. The van der Waals surface area contributed by atoms with E-state index in [4.69, 9.17) is 18.0 Å². The number of hydrogen-bond acceptors (Lipinski definition) is 1. The van der Waals surface area contributed by atoms with Gasteiger partial charge < -0.3 is 10.6 Å². The molecule has 2 rings (SSSR count). The fraction of sp³-hybridized carbons (Fsp3) is 0.154. The van der Waals surface area contributed by atoms with E-state index >= 15 is 0 Å². The zero-order valence-electron chi connectivity index (χ0n) is 9.18. The van der Waals surface area contributed by atoms with Gasteiger partial charge in [0.1, 0.15) is 0 Å². The maximum absolute atomic E-state index is 5.55. The second-order valence-corrected chi connectivity index (χ2v) is 4.29. The van der Waals surface area contributed by atoms with E-state index in [9.17, 15) is 0 Å². The molecule has 16 heavy (non-hydrogen) atoms. The van der Waals surface area contributed by atoms with Crippen molar-refractivity contribution in [3.8, 4) is 0 Å². The largest absolute Gasteiger partial charge is 0.376 e. The van der Waals surface area contributed by atoms with Gasteiger partial charge in [-0.1, -0.05) is 36.4 Å². The van der Waals surface area contributed by atoms with Crippen LogP contribution in [0.2, 0.25) is 0 Å². The molecule has 2 nitrogen and oxygen atoms in total. The standard InChI is InChI=1S/C13H14N2S/c1-15(13(14)16)9-10-6-7-11-4-2-3-5-12(11)8-10/h2-8H,9H2,1H3,(H2,14,16). The first-order chi connectivity index (χ1) is 7.66. The molecule has 0 saturated heterocycles. The van der Waals surface area contributed by atoms with Gasteiger partial charge in [0, 0.05) is 13.6 Å². The van der Waals surface area contributed by atoms with Crippen molar-refractivity contribution in [1.82, 2.24) is 4.90 Å². The van der Waals surface area contributed by atoms with Crippen LogP contribution in [0.4, 0.5) is 0 Å². The predicted molar refractivity (Wildman–Crippen MR) is 72.2 cm³/mol. The Bertz CT molecular complexity index is 522. The molecule has 0 spiro atoms. The molecule has 0 aliphatic carbocycles. The molecule has 0 bridgehead atoms. The van der Waals surface area contributed by atoms with Crippen LogP contribution in [0.3, 0.4) is 0 Å². The van der Waals surface area contributed by atoms with Crippen LogP contribution in [-0.2, 0) is 6.54 Å². The van der Waals surface area contributed by atoms with Gasteiger partial charge in [-0.15, -0.1) is 0 Å². The summed E-state index contributed by atoms with van der Waals surface area (Å²) in [4.78, 5) is 1.86. The molecule has 0 aliphatic heterocycles. The molecule has 0 unspecified atom stereocenters. The molecule has 0 radical (unpaired) electrons. The van der Waals surface area contributed by atoms with Crippen molar-refractivity contribution < 1.29 is 0 Å². The average molecular weight is 230 g/mol. The van der Waals surface area contributed by atoms with Crippen LogP contribution >= 0.6 is 12.2 Å². The fourth-order valence-corrected chi connectivity index (χ4v) is 1.75. The van der Waals surface area contributed by atoms with Gasteiger partial charge in [0.05, 0.1) is 0 Å². The Labute approximate surface area is 101 Å². The van der Waals surface area contributed by atoms with Crippen LogP contribution in [0.1, 0.15) is 5.56 Å². The van der Waals surface area contributed by atoms with Gasteiger partial charge in [-0.25, -0.2) is 0 Å². The minimum Gasteiger partial charge on any atom is -0.376 e. The summed E-state index contributed by atoms with van der Waals surface area (Å²) in [6.07, 6.45) is 0. The molecule has 2 N–H and O–H groups in total. The topological polar surface area (TPSA) is 29.3 Å². The van der Waals surface area contributed by atoms with Crippen LogP contribution in [0.15, 0.2) is 42.5 Å². The molecule has 0 heterocycles. The maximum Gasteiger partial charge on any atom is 0.166 e. The van der Waals surface area contributed by atoms with Crippen molar-refractivity contribution in [3.05, 3.63) is 48.0 Å². The predicted octanol–water partition coefficient (Wildman–Crippen LogP) is 2.52. The quantitative estimate of drug-likeness (QED) is 0.804. The lowest BCUT2D eigenvalue weighted by Crippen LogP contribution is -2.31. The Morgan fingerprint density at radius 1 is 1.19 bits per heavy atom. The lowest BCUT2D eigenvalue weighted by molar-refractivity contribution is 0.505. The Morgan fingerprint density at radius 2 is 1.88 bits per heavy atom. The van der Waals surface area contributed by atoms with Gasteiger partial charge in [-0.05, 0) is 34.6 Å². The Kier molecular flexibility index (Phi) is 3.06. The first-order valence-corrected chi connectivity index (χ1v) is 5.56. The molecule has 0 atom stereocenters. The summed E-state index contributed by atoms with van der Waals surface area (Å²) >= 11 is 4.92. The van der Waals surface area contributed by atoms with Crippen LogP contribution in [-0.4, -0.2) is 17.1 Å². The zero-order chi connectivity index (χ0) is 11.5. The van der Waals surface area contributed by atoms with Crippen LogP contribution in [0.5, 0.6) is 0 Å². The summed E-state index contributed by atoms with van der Waals surface area (Å²) in [7, 11) is 1.90. The van der Waals surface area contributed by atoms with Crippen molar-refractivity contribution >= 4 is 28.1 Å². The van der Waals surface area contributed by atoms with Gasteiger partial charge in [0.15, 0.2) is 5.11 Å². The number of nitrogens with zero attached hydrogens (tertiary/aromatic N) is 1. The smallest absolute Gasteiger partial charge is 0.166 e.